The van der Waals surface area contributed by atoms with E-state index in [1.54, 1.807) is 0 Å². The van der Waals surface area contributed by atoms with Crippen molar-refractivity contribution in [2.75, 3.05) is 5.33 Å². The molecule has 0 amide bonds. The van der Waals surface area contributed by atoms with Crippen molar-refractivity contribution in [1.82, 2.24) is 0 Å². The zero-order valence-corrected chi connectivity index (χ0v) is 9.93. The predicted octanol–water partition coefficient (Wildman–Crippen LogP) is 3.61. The van der Waals surface area contributed by atoms with Gasteiger partial charge in [-0.1, -0.05) is 37.9 Å². The van der Waals surface area contributed by atoms with E-state index in [1.165, 1.54) is 0 Å². The van der Waals surface area contributed by atoms with E-state index in [0.717, 1.165) is 15.6 Å². The zero-order chi connectivity index (χ0) is 8.97. The minimum Gasteiger partial charge on any atom is -0.490 e. The molecule has 0 aromatic heterocycles. The van der Waals surface area contributed by atoms with Gasteiger partial charge < -0.3 is 4.74 Å². The summed E-state index contributed by atoms with van der Waals surface area (Å²) >= 11 is 6.74. The van der Waals surface area contributed by atoms with E-state index < -0.39 is 0 Å². The van der Waals surface area contributed by atoms with E-state index in [9.17, 15) is 0 Å². The Bertz CT molecular complexity index is 250. The number of halogens is 2. The molecule has 0 N–H and O–H groups in total. The topological polar surface area (TPSA) is 9.23 Å². The van der Waals surface area contributed by atoms with E-state index in [0.29, 0.717) is 0 Å². The summed E-state index contributed by atoms with van der Waals surface area (Å²) in [5.41, 5.74) is 0. The van der Waals surface area contributed by atoms with Gasteiger partial charge in [-0.15, -0.1) is 0 Å². The van der Waals surface area contributed by atoms with Crippen molar-refractivity contribution in [3.8, 4) is 5.75 Å². The van der Waals surface area contributed by atoms with E-state index >= 15 is 0 Å². The highest BCUT2D eigenvalue weighted by Crippen LogP contribution is 2.19. The van der Waals surface area contributed by atoms with Crippen molar-refractivity contribution in [2.45, 2.75) is 13.0 Å². The van der Waals surface area contributed by atoms with Crippen molar-refractivity contribution in [2.24, 2.45) is 0 Å². The van der Waals surface area contributed by atoms with Crippen LogP contribution in [0.3, 0.4) is 0 Å². The summed E-state index contributed by atoms with van der Waals surface area (Å²) in [5.74, 6) is 0.899. The first-order chi connectivity index (χ1) is 5.72. The van der Waals surface area contributed by atoms with Crippen LogP contribution >= 0.6 is 31.9 Å². The molecule has 0 heterocycles. The fourth-order valence-electron chi connectivity index (χ4n) is 0.804. The summed E-state index contributed by atoms with van der Waals surface area (Å²) < 4.78 is 6.61. The third-order valence-electron chi connectivity index (χ3n) is 1.35. The Balaban J connectivity index is 2.63. The summed E-state index contributed by atoms with van der Waals surface area (Å²) in [7, 11) is 0. The molecule has 0 bridgehead atoms. The number of hydrogen-bond donors (Lipinski definition) is 0. The summed E-state index contributed by atoms with van der Waals surface area (Å²) in [6, 6.07) is 7.84. The second kappa shape index (κ2) is 4.87. The Kier molecular flexibility index (Phi) is 4.09. The van der Waals surface area contributed by atoms with Crippen LogP contribution in [-0.2, 0) is 0 Å². The minimum absolute atomic E-state index is 0.208. The molecule has 0 fully saturated rings. The first kappa shape index (κ1) is 10.1. The highest BCUT2D eigenvalue weighted by molar-refractivity contribution is 9.10. The minimum atomic E-state index is 0.208. The first-order valence-electron chi connectivity index (χ1n) is 3.70. The molecule has 0 saturated heterocycles. The Hall–Kier alpha value is -0.0200. The molecule has 12 heavy (non-hydrogen) atoms. The monoisotopic (exact) mass is 292 g/mol. The van der Waals surface area contributed by atoms with Crippen molar-refractivity contribution >= 4 is 31.9 Å². The normalized spacial score (nSPS) is 12.6. The second-order valence-corrected chi connectivity index (χ2v) is 4.10. The van der Waals surface area contributed by atoms with Gasteiger partial charge in [0.1, 0.15) is 11.9 Å². The van der Waals surface area contributed by atoms with E-state index in [2.05, 4.69) is 31.9 Å². The standard InChI is InChI=1S/C9H10Br2O/c1-7(6-10)12-9-4-2-3-8(11)5-9/h2-5,7H,6H2,1H3. The molecule has 1 aromatic rings. The molecule has 66 valence electrons. The van der Waals surface area contributed by atoms with E-state index in [-0.39, 0.29) is 6.10 Å². The van der Waals surface area contributed by atoms with E-state index in [4.69, 9.17) is 4.74 Å². The summed E-state index contributed by atoms with van der Waals surface area (Å²) in [5, 5.41) is 0.847. The lowest BCUT2D eigenvalue weighted by molar-refractivity contribution is 0.248. The maximum absolute atomic E-state index is 5.57. The van der Waals surface area contributed by atoms with Crippen LogP contribution in [-0.4, -0.2) is 11.4 Å². The van der Waals surface area contributed by atoms with Gasteiger partial charge in [0.05, 0.1) is 0 Å². The third-order valence-corrected chi connectivity index (χ3v) is 2.76. The van der Waals surface area contributed by atoms with Crippen LogP contribution in [0.4, 0.5) is 0 Å². The van der Waals surface area contributed by atoms with Gasteiger partial charge in [-0.05, 0) is 25.1 Å². The number of alkyl halides is 1. The molecular formula is C9H10Br2O. The number of rotatable bonds is 3. The molecular weight excluding hydrogens is 284 g/mol. The molecule has 1 aromatic carbocycles. The van der Waals surface area contributed by atoms with Gasteiger partial charge in [0.2, 0.25) is 0 Å². The summed E-state index contributed by atoms with van der Waals surface area (Å²) in [4.78, 5) is 0. The fraction of sp³-hybridized carbons (Fsp3) is 0.333. The van der Waals surface area contributed by atoms with Gasteiger partial charge in [0.25, 0.3) is 0 Å². The van der Waals surface area contributed by atoms with Crippen LogP contribution in [0, 0.1) is 0 Å². The average Bonchev–Trinajstić information content (AvgIpc) is 2.04. The molecule has 0 aliphatic rings. The van der Waals surface area contributed by atoms with Crippen LogP contribution in [0.1, 0.15) is 6.92 Å². The smallest absolute Gasteiger partial charge is 0.120 e. The lowest BCUT2D eigenvalue weighted by Crippen LogP contribution is -2.12. The highest BCUT2D eigenvalue weighted by Gasteiger charge is 2.00. The molecule has 1 unspecified atom stereocenters. The van der Waals surface area contributed by atoms with Crippen LogP contribution in [0.15, 0.2) is 28.7 Å². The van der Waals surface area contributed by atoms with Crippen molar-refractivity contribution in [3.63, 3.8) is 0 Å². The lowest BCUT2D eigenvalue weighted by atomic mass is 10.3. The predicted molar refractivity (Wildman–Crippen MR) is 58.0 cm³/mol. The quantitative estimate of drug-likeness (QED) is 0.774. The van der Waals surface area contributed by atoms with Gasteiger partial charge in [-0.3, -0.25) is 0 Å². The number of benzene rings is 1. The van der Waals surface area contributed by atoms with Gasteiger partial charge in [0, 0.05) is 9.80 Å². The number of ether oxygens (including phenoxy) is 1. The van der Waals surface area contributed by atoms with Crippen LogP contribution in [0.25, 0.3) is 0 Å². The second-order valence-electron chi connectivity index (χ2n) is 2.54. The molecule has 1 atom stereocenters. The van der Waals surface area contributed by atoms with E-state index in [1.807, 2.05) is 31.2 Å². The maximum atomic E-state index is 5.57. The largest absolute Gasteiger partial charge is 0.490 e. The fourth-order valence-corrected chi connectivity index (χ4v) is 1.31. The number of hydrogen-bond acceptors (Lipinski definition) is 1. The van der Waals surface area contributed by atoms with Gasteiger partial charge in [-0.2, -0.15) is 0 Å². The molecule has 0 radical (unpaired) electrons. The van der Waals surface area contributed by atoms with Crippen LogP contribution < -0.4 is 4.74 Å². The Morgan fingerprint density at radius 1 is 1.50 bits per heavy atom. The van der Waals surface area contributed by atoms with Crippen molar-refractivity contribution in [3.05, 3.63) is 28.7 Å². The SMILES string of the molecule is CC(CBr)Oc1cccc(Br)c1. The molecule has 0 saturated carbocycles. The average molecular weight is 294 g/mol. The van der Waals surface area contributed by atoms with Crippen LogP contribution in [0.2, 0.25) is 0 Å². The van der Waals surface area contributed by atoms with Crippen molar-refractivity contribution in [1.29, 1.82) is 0 Å². The van der Waals surface area contributed by atoms with Crippen LogP contribution in [0.5, 0.6) is 5.75 Å². The molecule has 1 nitrogen and oxygen atoms in total. The molecule has 1 rings (SSSR count). The molecule has 0 spiro atoms. The zero-order valence-electron chi connectivity index (χ0n) is 6.76. The summed E-state index contributed by atoms with van der Waals surface area (Å²) in [6.07, 6.45) is 0.208. The third kappa shape index (κ3) is 3.15. The van der Waals surface area contributed by atoms with Gasteiger partial charge in [0.15, 0.2) is 0 Å². The Morgan fingerprint density at radius 3 is 2.83 bits per heavy atom. The van der Waals surface area contributed by atoms with Gasteiger partial charge in [-0.25, -0.2) is 0 Å². The maximum Gasteiger partial charge on any atom is 0.120 e. The highest BCUT2D eigenvalue weighted by atomic mass is 79.9. The van der Waals surface area contributed by atoms with Gasteiger partial charge >= 0.3 is 0 Å². The molecule has 0 aliphatic carbocycles. The Morgan fingerprint density at radius 2 is 2.25 bits per heavy atom. The van der Waals surface area contributed by atoms with Crippen molar-refractivity contribution < 1.29 is 4.74 Å². The Labute approximate surface area is 89.4 Å². The molecule has 0 aliphatic heterocycles. The summed E-state index contributed by atoms with van der Waals surface area (Å²) in [6.45, 7) is 2.02. The first-order valence-corrected chi connectivity index (χ1v) is 5.62. The lowest BCUT2D eigenvalue weighted by Gasteiger charge is -2.11. The molecule has 3 heteroatoms.